The van der Waals surface area contributed by atoms with Gasteiger partial charge in [-0.05, 0) is 48.2 Å². The van der Waals surface area contributed by atoms with Crippen molar-refractivity contribution in [3.05, 3.63) is 108 Å². The molecule has 6 rings (SSSR count). The summed E-state index contributed by atoms with van der Waals surface area (Å²) in [5, 5.41) is 4.78. The van der Waals surface area contributed by atoms with Gasteiger partial charge in [0.05, 0.1) is 22.1 Å². The van der Waals surface area contributed by atoms with Crippen LogP contribution >= 0.6 is 0 Å². The quantitative estimate of drug-likeness (QED) is 0.311. The predicted octanol–water partition coefficient (Wildman–Crippen LogP) is 6.87. The Labute approximate surface area is 174 Å². The first-order valence-corrected chi connectivity index (χ1v) is 10.4. The fourth-order valence-corrected chi connectivity index (χ4v) is 4.40. The highest BCUT2D eigenvalue weighted by atomic mass is 14.7. The topological polar surface area (TPSA) is 25.8 Å². The zero-order valence-electron chi connectivity index (χ0n) is 16.5. The number of hydrogen-bond donors (Lipinski definition) is 0. The van der Waals surface area contributed by atoms with E-state index in [0.717, 1.165) is 34.9 Å². The molecule has 2 nitrogen and oxygen atoms in total. The zero-order valence-corrected chi connectivity index (χ0v) is 16.5. The van der Waals surface area contributed by atoms with Crippen molar-refractivity contribution in [2.75, 3.05) is 0 Å². The summed E-state index contributed by atoms with van der Waals surface area (Å²) in [7, 11) is 0. The molecule has 0 N–H and O–H groups in total. The van der Waals surface area contributed by atoms with Gasteiger partial charge >= 0.3 is 0 Å². The van der Waals surface area contributed by atoms with Crippen LogP contribution in [0.15, 0.2) is 97.1 Å². The van der Waals surface area contributed by atoms with E-state index < -0.39 is 0 Å². The van der Waals surface area contributed by atoms with Crippen molar-refractivity contribution in [2.45, 2.75) is 12.8 Å². The number of rotatable bonds is 3. The highest BCUT2D eigenvalue weighted by Crippen LogP contribution is 2.26. The monoisotopic (exact) mass is 384 g/mol. The van der Waals surface area contributed by atoms with Gasteiger partial charge in [0.15, 0.2) is 0 Å². The molecule has 4 aromatic carbocycles. The second-order valence-electron chi connectivity index (χ2n) is 7.84. The van der Waals surface area contributed by atoms with Gasteiger partial charge in [-0.1, -0.05) is 72.8 Å². The van der Waals surface area contributed by atoms with E-state index in [1.54, 1.807) is 0 Å². The first-order valence-electron chi connectivity index (χ1n) is 10.4. The number of para-hydroxylation sites is 4. The fourth-order valence-electron chi connectivity index (χ4n) is 4.40. The summed E-state index contributed by atoms with van der Waals surface area (Å²) in [4.78, 5) is 9.96. The van der Waals surface area contributed by atoms with Crippen molar-refractivity contribution < 1.29 is 0 Å². The van der Waals surface area contributed by atoms with E-state index in [1.807, 2.05) is 0 Å². The number of hydrogen-bond acceptors (Lipinski definition) is 2. The molecule has 142 valence electrons. The largest absolute Gasteiger partial charge is 0.248 e. The van der Waals surface area contributed by atoms with Crippen molar-refractivity contribution in [3.8, 4) is 0 Å². The highest BCUT2D eigenvalue weighted by Gasteiger charge is 2.08. The van der Waals surface area contributed by atoms with Crippen molar-refractivity contribution in [1.29, 1.82) is 0 Å². The van der Waals surface area contributed by atoms with Gasteiger partial charge in [-0.25, -0.2) is 9.97 Å². The molecule has 0 saturated heterocycles. The molecule has 0 radical (unpaired) electrons. The normalized spacial score (nSPS) is 11.6. The van der Waals surface area contributed by atoms with Crippen LogP contribution in [-0.4, -0.2) is 9.97 Å². The highest BCUT2D eigenvalue weighted by molar-refractivity contribution is 5.95. The van der Waals surface area contributed by atoms with Gasteiger partial charge in [0.25, 0.3) is 0 Å². The first-order chi connectivity index (χ1) is 14.8. The SMILES string of the molecule is c1ccc2nc3c(CCc4cccc5cc6ccccc6nc45)cccc3cc2c1. The van der Waals surface area contributed by atoms with Crippen LogP contribution in [0, 0.1) is 0 Å². The van der Waals surface area contributed by atoms with Crippen molar-refractivity contribution in [1.82, 2.24) is 9.97 Å². The van der Waals surface area contributed by atoms with Crippen LogP contribution in [0.25, 0.3) is 43.6 Å². The summed E-state index contributed by atoms with van der Waals surface area (Å²) in [6.45, 7) is 0. The Morgan fingerprint density at radius 1 is 0.433 bits per heavy atom. The molecule has 0 aliphatic heterocycles. The minimum absolute atomic E-state index is 0.941. The molecular weight excluding hydrogens is 364 g/mol. The van der Waals surface area contributed by atoms with Crippen LogP contribution in [0.5, 0.6) is 0 Å². The predicted molar refractivity (Wildman–Crippen MR) is 126 cm³/mol. The van der Waals surface area contributed by atoms with E-state index in [1.165, 1.54) is 32.7 Å². The van der Waals surface area contributed by atoms with E-state index in [0.29, 0.717) is 0 Å². The molecule has 6 aromatic rings. The third kappa shape index (κ3) is 2.89. The van der Waals surface area contributed by atoms with Crippen LogP contribution in [0.1, 0.15) is 11.1 Å². The number of aromatic nitrogens is 2. The lowest BCUT2D eigenvalue weighted by Gasteiger charge is -2.10. The maximum atomic E-state index is 4.98. The zero-order chi connectivity index (χ0) is 19.9. The van der Waals surface area contributed by atoms with E-state index in [9.17, 15) is 0 Å². The van der Waals surface area contributed by atoms with Crippen LogP contribution in [0.2, 0.25) is 0 Å². The second-order valence-corrected chi connectivity index (χ2v) is 7.84. The van der Waals surface area contributed by atoms with Gasteiger partial charge in [0.1, 0.15) is 0 Å². The summed E-state index contributed by atoms with van der Waals surface area (Å²) < 4.78 is 0. The number of fused-ring (bicyclic) bond motifs is 4. The molecular formula is C28H20N2. The smallest absolute Gasteiger partial charge is 0.0741 e. The number of benzene rings is 4. The van der Waals surface area contributed by atoms with Gasteiger partial charge in [0, 0.05) is 21.5 Å². The molecule has 0 bridgehead atoms. The van der Waals surface area contributed by atoms with Crippen molar-refractivity contribution >= 4 is 43.6 Å². The van der Waals surface area contributed by atoms with Gasteiger partial charge in [-0.15, -0.1) is 0 Å². The summed E-state index contributed by atoms with van der Waals surface area (Å²) in [5.74, 6) is 0. The Hall–Kier alpha value is -3.78. The van der Waals surface area contributed by atoms with E-state index in [4.69, 9.17) is 9.97 Å². The molecule has 0 unspecified atom stereocenters. The summed E-state index contributed by atoms with van der Waals surface area (Å²) in [6, 6.07) is 34.2. The molecule has 2 heteroatoms. The lowest BCUT2D eigenvalue weighted by atomic mass is 9.98. The Balaban J connectivity index is 1.42. The van der Waals surface area contributed by atoms with Gasteiger partial charge in [-0.3, -0.25) is 0 Å². The standard InChI is InChI=1S/C28H20N2/c1-3-13-25-21(7-1)17-23-11-5-9-19(27(23)29-25)15-16-20-10-6-12-24-18-22-8-2-4-14-26(22)30-28(20)24/h1-14,17-18H,15-16H2. The summed E-state index contributed by atoms with van der Waals surface area (Å²) in [6.07, 6.45) is 1.88. The Morgan fingerprint density at radius 3 is 1.37 bits per heavy atom. The molecule has 0 spiro atoms. The molecule has 0 fully saturated rings. The maximum absolute atomic E-state index is 4.98. The van der Waals surface area contributed by atoms with Crippen LogP contribution in [0.3, 0.4) is 0 Å². The Morgan fingerprint density at radius 2 is 0.867 bits per heavy atom. The number of pyridine rings is 2. The summed E-state index contributed by atoms with van der Waals surface area (Å²) in [5.41, 5.74) is 6.89. The van der Waals surface area contributed by atoms with Gasteiger partial charge in [-0.2, -0.15) is 0 Å². The lowest BCUT2D eigenvalue weighted by molar-refractivity contribution is 0.972. The molecule has 30 heavy (non-hydrogen) atoms. The number of aryl methyl sites for hydroxylation is 2. The first kappa shape index (κ1) is 17.1. The fraction of sp³-hybridized carbons (Fsp3) is 0.0714. The molecule has 2 aromatic heterocycles. The summed E-state index contributed by atoms with van der Waals surface area (Å²) >= 11 is 0. The Bertz CT molecular complexity index is 1430. The van der Waals surface area contributed by atoms with E-state index in [2.05, 4.69) is 97.1 Å². The van der Waals surface area contributed by atoms with Crippen LogP contribution in [0.4, 0.5) is 0 Å². The average Bonchev–Trinajstić information content (AvgIpc) is 2.80. The minimum Gasteiger partial charge on any atom is -0.248 e. The van der Waals surface area contributed by atoms with Crippen LogP contribution in [-0.2, 0) is 12.8 Å². The molecule has 0 atom stereocenters. The van der Waals surface area contributed by atoms with Gasteiger partial charge in [0.2, 0.25) is 0 Å². The van der Waals surface area contributed by atoms with Crippen molar-refractivity contribution in [3.63, 3.8) is 0 Å². The van der Waals surface area contributed by atoms with E-state index >= 15 is 0 Å². The lowest BCUT2D eigenvalue weighted by Crippen LogP contribution is -1.97. The average molecular weight is 384 g/mol. The third-order valence-electron chi connectivity index (χ3n) is 5.93. The molecule has 2 heterocycles. The molecule has 0 saturated carbocycles. The Kier molecular flexibility index (Phi) is 3.95. The molecule has 0 aliphatic rings. The maximum Gasteiger partial charge on any atom is 0.0741 e. The minimum atomic E-state index is 0.941. The van der Waals surface area contributed by atoms with E-state index in [-0.39, 0.29) is 0 Å². The number of nitrogens with zero attached hydrogens (tertiary/aromatic N) is 2. The van der Waals surface area contributed by atoms with Crippen molar-refractivity contribution in [2.24, 2.45) is 0 Å². The molecule has 0 aliphatic carbocycles. The van der Waals surface area contributed by atoms with Gasteiger partial charge < -0.3 is 0 Å². The van der Waals surface area contributed by atoms with Crippen LogP contribution < -0.4 is 0 Å². The second kappa shape index (κ2) is 6.93. The third-order valence-corrected chi connectivity index (χ3v) is 5.93. The molecule has 0 amide bonds.